The van der Waals surface area contributed by atoms with Gasteiger partial charge in [0, 0.05) is 16.9 Å². The summed E-state index contributed by atoms with van der Waals surface area (Å²) >= 11 is 1.65. The maximum absolute atomic E-state index is 5.75. The van der Waals surface area contributed by atoms with E-state index in [9.17, 15) is 0 Å². The van der Waals surface area contributed by atoms with Crippen LogP contribution in [0, 0.1) is 0 Å². The van der Waals surface area contributed by atoms with E-state index in [0.29, 0.717) is 6.61 Å². The predicted octanol–water partition coefficient (Wildman–Crippen LogP) is 2.53. The zero-order chi connectivity index (χ0) is 12.7. The van der Waals surface area contributed by atoms with E-state index in [1.807, 2.05) is 24.3 Å². The zero-order valence-electron chi connectivity index (χ0n) is 9.96. The monoisotopic (exact) mass is 270 g/mol. The van der Waals surface area contributed by atoms with Crippen molar-refractivity contribution in [1.82, 2.24) is 20.2 Å². The SMILES string of the molecule is c1ccc2c(c1)OCCc1sc(-c3ncn[nH]3)nc1-2. The quantitative estimate of drug-likeness (QED) is 0.738. The zero-order valence-corrected chi connectivity index (χ0v) is 10.8. The molecule has 0 saturated heterocycles. The Balaban J connectivity index is 1.90. The second-order valence-electron chi connectivity index (χ2n) is 4.22. The van der Waals surface area contributed by atoms with Gasteiger partial charge in [0.25, 0.3) is 0 Å². The summed E-state index contributed by atoms with van der Waals surface area (Å²) in [5.74, 6) is 1.62. The van der Waals surface area contributed by atoms with Crippen LogP contribution in [0.4, 0.5) is 0 Å². The first-order valence-electron chi connectivity index (χ1n) is 5.99. The molecule has 1 aromatic carbocycles. The average Bonchev–Trinajstić information content (AvgIpc) is 3.06. The fourth-order valence-corrected chi connectivity index (χ4v) is 3.19. The third kappa shape index (κ3) is 1.72. The summed E-state index contributed by atoms with van der Waals surface area (Å²) in [5, 5.41) is 7.61. The van der Waals surface area contributed by atoms with Crippen LogP contribution in [0.2, 0.25) is 0 Å². The van der Waals surface area contributed by atoms with E-state index in [1.165, 1.54) is 11.2 Å². The highest BCUT2D eigenvalue weighted by atomic mass is 32.1. The van der Waals surface area contributed by atoms with Gasteiger partial charge in [0.05, 0.1) is 12.3 Å². The first-order chi connectivity index (χ1) is 9.42. The van der Waals surface area contributed by atoms with Gasteiger partial charge in [-0.3, -0.25) is 5.10 Å². The van der Waals surface area contributed by atoms with Crippen LogP contribution in [-0.2, 0) is 6.42 Å². The summed E-state index contributed by atoms with van der Waals surface area (Å²) in [6, 6.07) is 8.01. The molecule has 1 aliphatic rings. The van der Waals surface area contributed by atoms with E-state index in [4.69, 9.17) is 9.72 Å². The standard InChI is InChI=1S/C13H10N4OS/c1-2-4-9-8(3-1)11-10(5-6-18-9)19-13(16-11)12-14-7-15-17-12/h1-4,7H,5-6H2,(H,14,15,17). The van der Waals surface area contributed by atoms with E-state index in [1.54, 1.807) is 11.3 Å². The second-order valence-corrected chi connectivity index (χ2v) is 5.30. The van der Waals surface area contributed by atoms with Crippen molar-refractivity contribution < 1.29 is 4.74 Å². The number of benzene rings is 1. The van der Waals surface area contributed by atoms with Crippen LogP contribution in [0.1, 0.15) is 4.88 Å². The minimum absolute atomic E-state index is 0.683. The molecule has 4 rings (SSSR count). The lowest BCUT2D eigenvalue weighted by Crippen LogP contribution is -1.97. The van der Waals surface area contributed by atoms with E-state index in [0.717, 1.165) is 34.3 Å². The number of fused-ring (bicyclic) bond motifs is 3. The van der Waals surface area contributed by atoms with Gasteiger partial charge in [0.2, 0.25) is 0 Å². The number of aromatic amines is 1. The van der Waals surface area contributed by atoms with Crippen LogP contribution in [0.5, 0.6) is 5.75 Å². The lowest BCUT2D eigenvalue weighted by atomic mass is 10.1. The molecule has 3 heterocycles. The molecule has 6 heteroatoms. The van der Waals surface area contributed by atoms with Gasteiger partial charge in [-0.2, -0.15) is 5.10 Å². The first kappa shape index (κ1) is 10.7. The molecule has 2 aromatic heterocycles. The number of nitrogens with one attached hydrogen (secondary N) is 1. The van der Waals surface area contributed by atoms with Gasteiger partial charge in [-0.25, -0.2) is 9.97 Å². The van der Waals surface area contributed by atoms with Crippen LogP contribution in [0.15, 0.2) is 30.6 Å². The number of rotatable bonds is 1. The van der Waals surface area contributed by atoms with Gasteiger partial charge >= 0.3 is 0 Å². The van der Waals surface area contributed by atoms with Gasteiger partial charge < -0.3 is 4.74 Å². The number of nitrogens with zero attached hydrogens (tertiary/aromatic N) is 3. The van der Waals surface area contributed by atoms with Crippen molar-refractivity contribution in [3.63, 3.8) is 0 Å². The highest BCUT2D eigenvalue weighted by molar-refractivity contribution is 7.15. The molecule has 0 atom stereocenters. The van der Waals surface area contributed by atoms with Crippen molar-refractivity contribution in [2.24, 2.45) is 0 Å². The Kier molecular flexibility index (Phi) is 2.34. The Morgan fingerprint density at radius 1 is 1.26 bits per heavy atom. The molecule has 3 aromatic rings. The fraction of sp³-hybridized carbons (Fsp3) is 0.154. The topological polar surface area (TPSA) is 63.7 Å². The molecule has 0 amide bonds. The normalized spacial score (nSPS) is 13.3. The summed E-state index contributed by atoms with van der Waals surface area (Å²) in [6.45, 7) is 0.683. The molecule has 0 bridgehead atoms. The summed E-state index contributed by atoms with van der Waals surface area (Å²) in [6.07, 6.45) is 2.37. The average molecular weight is 270 g/mol. The number of aromatic nitrogens is 4. The number of hydrogen-bond donors (Lipinski definition) is 1. The van der Waals surface area contributed by atoms with Gasteiger partial charge in [0.15, 0.2) is 10.8 Å². The predicted molar refractivity (Wildman–Crippen MR) is 72.1 cm³/mol. The molecule has 0 fully saturated rings. The van der Waals surface area contributed by atoms with Crippen molar-refractivity contribution in [3.05, 3.63) is 35.5 Å². The Labute approximate surface area is 113 Å². The van der Waals surface area contributed by atoms with Crippen molar-refractivity contribution in [2.45, 2.75) is 6.42 Å². The number of ether oxygens (including phenoxy) is 1. The molecule has 5 nitrogen and oxygen atoms in total. The van der Waals surface area contributed by atoms with Gasteiger partial charge in [-0.1, -0.05) is 12.1 Å². The third-order valence-corrected chi connectivity index (χ3v) is 4.17. The summed E-state index contributed by atoms with van der Waals surface area (Å²) in [5.41, 5.74) is 2.06. The van der Waals surface area contributed by atoms with Crippen molar-refractivity contribution in [3.8, 4) is 27.8 Å². The molecule has 0 spiro atoms. The van der Waals surface area contributed by atoms with E-state index < -0.39 is 0 Å². The number of hydrogen-bond acceptors (Lipinski definition) is 5. The Bertz CT molecular complexity index is 720. The number of para-hydroxylation sites is 1. The maximum Gasteiger partial charge on any atom is 0.184 e. The van der Waals surface area contributed by atoms with Gasteiger partial charge in [-0.05, 0) is 12.1 Å². The minimum Gasteiger partial charge on any atom is -0.493 e. The maximum atomic E-state index is 5.75. The molecule has 19 heavy (non-hydrogen) atoms. The number of H-pyrrole nitrogens is 1. The van der Waals surface area contributed by atoms with Crippen LogP contribution < -0.4 is 4.74 Å². The smallest absolute Gasteiger partial charge is 0.184 e. The molecule has 0 saturated carbocycles. The highest BCUT2D eigenvalue weighted by Gasteiger charge is 2.21. The molecular formula is C13H10N4OS. The van der Waals surface area contributed by atoms with Crippen molar-refractivity contribution in [2.75, 3.05) is 6.61 Å². The van der Waals surface area contributed by atoms with Gasteiger partial charge in [-0.15, -0.1) is 11.3 Å². The molecular weight excluding hydrogens is 260 g/mol. The molecule has 94 valence electrons. The van der Waals surface area contributed by atoms with E-state index in [2.05, 4.69) is 15.2 Å². The minimum atomic E-state index is 0.683. The van der Waals surface area contributed by atoms with Crippen molar-refractivity contribution in [1.29, 1.82) is 0 Å². The Morgan fingerprint density at radius 3 is 3.11 bits per heavy atom. The Hall–Kier alpha value is -2.21. The van der Waals surface area contributed by atoms with E-state index in [-0.39, 0.29) is 0 Å². The molecule has 0 radical (unpaired) electrons. The van der Waals surface area contributed by atoms with E-state index >= 15 is 0 Å². The van der Waals surface area contributed by atoms with Crippen LogP contribution in [0.3, 0.4) is 0 Å². The van der Waals surface area contributed by atoms with Crippen LogP contribution in [-0.4, -0.2) is 26.8 Å². The summed E-state index contributed by atoms with van der Waals surface area (Å²) < 4.78 is 5.75. The Morgan fingerprint density at radius 2 is 2.21 bits per heavy atom. The number of thiazole rings is 1. The summed E-state index contributed by atoms with van der Waals surface area (Å²) in [4.78, 5) is 10.1. The molecule has 0 unspecified atom stereocenters. The largest absolute Gasteiger partial charge is 0.493 e. The highest BCUT2D eigenvalue weighted by Crippen LogP contribution is 2.39. The first-order valence-corrected chi connectivity index (χ1v) is 6.81. The van der Waals surface area contributed by atoms with Crippen LogP contribution >= 0.6 is 11.3 Å². The molecule has 1 N–H and O–H groups in total. The van der Waals surface area contributed by atoms with Crippen molar-refractivity contribution >= 4 is 11.3 Å². The lowest BCUT2D eigenvalue weighted by Gasteiger charge is -2.05. The molecule has 0 aliphatic carbocycles. The summed E-state index contributed by atoms with van der Waals surface area (Å²) in [7, 11) is 0. The fourth-order valence-electron chi connectivity index (χ4n) is 2.18. The third-order valence-electron chi connectivity index (χ3n) is 3.04. The van der Waals surface area contributed by atoms with Gasteiger partial charge in [0.1, 0.15) is 12.1 Å². The lowest BCUT2D eigenvalue weighted by molar-refractivity contribution is 0.327. The molecule has 1 aliphatic heterocycles. The van der Waals surface area contributed by atoms with Crippen LogP contribution in [0.25, 0.3) is 22.1 Å². The second kappa shape index (κ2) is 4.17.